The molecule has 0 spiro atoms. The summed E-state index contributed by atoms with van der Waals surface area (Å²) in [6.45, 7) is 10.4. The van der Waals surface area contributed by atoms with Crippen molar-refractivity contribution in [3.8, 4) is 28.4 Å². The summed E-state index contributed by atoms with van der Waals surface area (Å²) in [5.74, 6) is 1.81. The Balaban J connectivity index is 1.26. The third-order valence-electron chi connectivity index (χ3n) is 10.2. The van der Waals surface area contributed by atoms with E-state index in [1.54, 1.807) is 27.5 Å². The molecule has 0 fully saturated rings. The Labute approximate surface area is 331 Å². The quantitative estimate of drug-likeness (QED) is 0.160. The van der Waals surface area contributed by atoms with Crippen molar-refractivity contribution < 1.29 is 14.3 Å². The van der Waals surface area contributed by atoms with Gasteiger partial charge in [0.05, 0.1) is 28.8 Å². The molecule has 0 aliphatic carbocycles. The van der Waals surface area contributed by atoms with Crippen LogP contribution in [0.15, 0.2) is 134 Å². The van der Waals surface area contributed by atoms with Crippen molar-refractivity contribution in [3.63, 3.8) is 0 Å². The standard InChI is InChI=1S/C49H43N5O/c1-31-12-14-37(15-13-31)52-30-53(44-11-9-8-10-43(44)52)38-24-35(48-33(3)22-32(2)23-34(48)4)25-40(27-38)55-39-16-17-41-42-19-20-50-29-46(42)54(45(41)28-39)47-26-36(18-21-51-47)49(5,6)7/h8-29H,1-7H3/q+2/i1D3,8D,9D,10D,11D. The average molecular weight is 725 g/mol. The van der Waals surface area contributed by atoms with Crippen molar-refractivity contribution >= 4 is 50.6 Å². The van der Waals surface area contributed by atoms with Crippen LogP contribution in [-0.4, -0.2) is 20.5 Å². The fourth-order valence-corrected chi connectivity index (χ4v) is 7.66. The summed E-state index contributed by atoms with van der Waals surface area (Å²) in [6, 6.07) is 30.4. The summed E-state index contributed by atoms with van der Waals surface area (Å²) in [7, 11) is 0. The van der Waals surface area contributed by atoms with Crippen LogP contribution >= 0.6 is 0 Å². The maximum atomic E-state index is 9.15. The van der Waals surface area contributed by atoms with Crippen LogP contribution in [0.5, 0.6) is 11.5 Å². The van der Waals surface area contributed by atoms with Crippen LogP contribution in [0.3, 0.4) is 0 Å². The number of pyridine rings is 2. The minimum Gasteiger partial charge on any atom is -0.457 e. The number of nitrogens with zero attached hydrogens (tertiary/aromatic N) is 5. The van der Waals surface area contributed by atoms with Gasteiger partial charge in [0.25, 0.3) is 11.4 Å². The van der Waals surface area contributed by atoms with Crippen LogP contribution in [0.2, 0.25) is 0 Å². The van der Waals surface area contributed by atoms with Gasteiger partial charge in [0.15, 0.2) is 0 Å². The summed E-state index contributed by atoms with van der Waals surface area (Å²) in [5, 5.41) is 2.04. The zero-order valence-electron chi connectivity index (χ0n) is 38.5. The van der Waals surface area contributed by atoms with E-state index in [-0.39, 0.29) is 40.5 Å². The first kappa shape index (κ1) is 27.0. The molecule has 5 aromatic carbocycles. The second kappa shape index (κ2) is 13.0. The van der Waals surface area contributed by atoms with Crippen molar-refractivity contribution in [2.45, 2.75) is 53.8 Å². The van der Waals surface area contributed by atoms with E-state index < -0.39 is 12.9 Å². The highest BCUT2D eigenvalue weighted by atomic mass is 16.5. The molecule has 0 unspecified atom stereocenters. The third kappa shape index (κ3) is 6.11. The lowest BCUT2D eigenvalue weighted by atomic mass is 9.88. The maximum Gasteiger partial charge on any atom is 0.503 e. The Hall–Kier alpha value is -6.62. The molecular formula is C49H43N5O+2. The fraction of sp³-hybridized carbons (Fsp3) is 0.163. The van der Waals surface area contributed by atoms with E-state index in [4.69, 9.17) is 19.3 Å². The molecule has 55 heavy (non-hydrogen) atoms. The molecule has 3 aromatic heterocycles. The Bertz CT molecular complexity index is 3220. The molecule has 6 nitrogen and oxygen atoms in total. The van der Waals surface area contributed by atoms with Crippen molar-refractivity contribution in [2.24, 2.45) is 0 Å². The summed E-state index contributed by atoms with van der Waals surface area (Å²) in [5.41, 5.74) is 9.47. The predicted molar refractivity (Wildman–Crippen MR) is 227 cm³/mol. The summed E-state index contributed by atoms with van der Waals surface area (Å²) in [4.78, 5) is 9.29. The lowest BCUT2D eigenvalue weighted by Gasteiger charge is -2.20. The van der Waals surface area contributed by atoms with Gasteiger partial charge in [-0.2, -0.15) is 0 Å². The number of para-hydroxylation sites is 2. The lowest BCUT2D eigenvalue weighted by molar-refractivity contribution is 0.483. The SMILES string of the molecule is [2H]c1c([2H])c([2H])c2c(c1[2H])[N+](c1ccc(C([2H])([2H])[2H])cc1)=C=[N+]2c1cc(Oc2ccc3c4ccncc4n(-c4cc(C(C)(C)C)ccn4)c3c2)cc(-c2c(C)cc(C)cc2C)c1. The first-order chi connectivity index (χ1) is 29.4. The van der Waals surface area contributed by atoms with Gasteiger partial charge in [-0.3, -0.25) is 9.55 Å². The second-order valence-electron chi connectivity index (χ2n) is 15.2. The Morgan fingerprint density at radius 2 is 1.44 bits per heavy atom. The highest BCUT2D eigenvalue weighted by Crippen LogP contribution is 2.41. The first-order valence-corrected chi connectivity index (χ1v) is 18.2. The predicted octanol–water partition coefficient (Wildman–Crippen LogP) is 12.4. The number of hydrogen-bond donors (Lipinski definition) is 0. The van der Waals surface area contributed by atoms with Crippen LogP contribution in [-0.2, 0) is 5.41 Å². The fourth-order valence-electron chi connectivity index (χ4n) is 7.66. The Morgan fingerprint density at radius 1 is 0.709 bits per heavy atom. The van der Waals surface area contributed by atoms with Crippen LogP contribution in [0.25, 0.3) is 38.8 Å². The molecule has 0 saturated heterocycles. The summed E-state index contributed by atoms with van der Waals surface area (Å²) < 4.78 is 71.2. The maximum absolute atomic E-state index is 9.15. The van der Waals surface area contributed by atoms with Gasteiger partial charge in [0.2, 0.25) is 11.4 Å². The van der Waals surface area contributed by atoms with Gasteiger partial charge in [-0.1, -0.05) is 68.2 Å². The van der Waals surface area contributed by atoms with Gasteiger partial charge < -0.3 is 4.74 Å². The molecule has 9 rings (SSSR count). The molecular weight excluding hydrogens is 675 g/mol. The highest BCUT2D eigenvalue weighted by Gasteiger charge is 2.36. The van der Waals surface area contributed by atoms with Gasteiger partial charge in [-0.15, -0.1) is 0 Å². The van der Waals surface area contributed by atoms with Crippen LogP contribution in [0, 0.1) is 27.6 Å². The topological polar surface area (TPSA) is 46.0 Å². The number of ether oxygens (including phenoxy) is 1. The van der Waals surface area contributed by atoms with E-state index in [0.29, 0.717) is 22.9 Å². The highest BCUT2D eigenvalue weighted by molar-refractivity contribution is 6.09. The first-order valence-electron chi connectivity index (χ1n) is 21.7. The van der Waals surface area contributed by atoms with E-state index >= 15 is 0 Å². The number of hydrogen-bond acceptors (Lipinski definition) is 3. The number of fused-ring (bicyclic) bond motifs is 4. The number of aryl methyl sites for hydroxylation is 4. The van der Waals surface area contributed by atoms with Crippen molar-refractivity contribution in [1.82, 2.24) is 23.7 Å². The third-order valence-corrected chi connectivity index (χ3v) is 10.2. The molecule has 8 aromatic rings. The molecule has 6 heteroatoms. The van der Waals surface area contributed by atoms with Crippen molar-refractivity contribution in [3.05, 3.63) is 162 Å². The zero-order valence-corrected chi connectivity index (χ0v) is 31.5. The van der Waals surface area contributed by atoms with Gasteiger partial charge in [0.1, 0.15) is 17.3 Å². The minimum atomic E-state index is -2.32. The molecule has 0 amide bonds. The van der Waals surface area contributed by atoms with Gasteiger partial charge in [-0.25, -0.2) is 4.98 Å². The number of aromatic nitrogens is 3. The Kier molecular flexibility index (Phi) is 6.41. The van der Waals surface area contributed by atoms with Crippen molar-refractivity contribution in [2.75, 3.05) is 0 Å². The van der Waals surface area contributed by atoms with Gasteiger partial charge in [-0.05, 0) is 106 Å². The van der Waals surface area contributed by atoms with Crippen LogP contribution < -0.4 is 13.9 Å². The molecule has 0 radical (unpaired) electrons. The Morgan fingerprint density at radius 3 is 2.16 bits per heavy atom. The number of rotatable bonds is 6. The molecule has 4 heterocycles. The molecule has 1 aliphatic heterocycles. The molecule has 0 bridgehead atoms. The van der Waals surface area contributed by atoms with E-state index in [1.165, 1.54) is 12.1 Å². The molecule has 268 valence electrons. The summed E-state index contributed by atoms with van der Waals surface area (Å²) >= 11 is 0. The monoisotopic (exact) mass is 724 g/mol. The molecule has 1 aliphatic rings. The molecule has 0 atom stereocenters. The normalized spacial score (nSPS) is 14.6. The van der Waals surface area contributed by atoms with E-state index in [0.717, 1.165) is 61.0 Å². The molecule has 0 saturated carbocycles. The largest absolute Gasteiger partial charge is 0.503 e. The van der Waals surface area contributed by atoms with Gasteiger partial charge >= 0.3 is 6.01 Å². The average Bonchev–Trinajstić information content (AvgIpc) is 3.78. The van der Waals surface area contributed by atoms with Crippen LogP contribution in [0.1, 0.15) is 58.2 Å². The number of benzene rings is 5. The minimum absolute atomic E-state index is 0.0966. The lowest BCUT2D eigenvalue weighted by Crippen LogP contribution is -2.12. The van der Waals surface area contributed by atoms with Crippen molar-refractivity contribution in [1.29, 1.82) is 0 Å². The summed E-state index contributed by atoms with van der Waals surface area (Å²) in [6.07, 6.45) is 5.48. The molecule has 0 N–H and O–H groups in total. The smallest absolute Gasteiger partial charge is 0.457 e. The van der Waals surface area contributed by atoms with E-state index in [1.807, 2.05) is 60.9 Å². The van der Waals surface area contributed by atoms with E-state index in [9.17, 15) is 0 Å². The van der Waals surface area contributed by atoms with Gasteiger partial charge in [0, 0.05) is 63.6 Å². The van der Waals surface area contributed by atoms with Crippen LogP contribution in [0.4, 0.5) is 22.7 Å². The zero-order chi connectivity index (χ0) is 44.0. The van der Waals surface area contributed by atoms with E-state index in [2.05, 4.69) is 75.3 Å². The second-order valence-corrected chi connectivity index (χ2v) is 15.2.